The largest absolute Gasteiger partial charge is 0.478 e. The third kappa shape index (κ3) is 7.46. The Labute approximate surface area is 246 Å². The summed E-state index contributed by atoms with van der Waals surface area (Å²) >= 11 is 13.0. The number of ether oxygens (including phenoxy) is 4. The molecule has 12 nitrogen and oxygen atoms in total. The lowest BCUT2D eigenvalue weighted by Gasteiger charge is -2.43. The standard InChI is InChI=1S/C27H32Cl2N2O10/c1-14(2)41-26(37)22-19(13-40-11-10-39-9-8-30)31-15(3)21(25(36)38-4)27(22,17(24(34)35)12-20(32)33)16-6-5-7-18(28)23(16)29/h5-7,12,14,31H,8-11,13,30H2,1-4H3,(H,32,33)(H,34,35)/b17-12+. The molecule has 0 amide bonds. The molecule has 41 heavy (non-hydrogen) atoms. The number of nitrogens with one attached hydrogen (secondary N) is 1. The van der Waals surface area contributed by atoms with E-state index in [9.17, 15) is 29.4 Å². The molecule has 1 aromatic carbocycles. The van der Waals surface area contributed by atoms with Gasteiger partial charge in [-0.2, -0.15) is 0 Å². The second-order valence-corrected chi connectivity index (χ2v) is 9.72. The molecular weight excluding hydrogens is 583 g/mol. The van der Waals surface area contributed by atoms with E-state index in [-0.39, 0.29) is 46.8 Å². The van der Waals surface area contributed by atoms with Crippen molar-refractivity contribution in [3.05, 3.63) is 68.0 Å². The number of nitrogens with two attached hydrogens (primary N) is 1. The van der Waals surface area contributed by atoms with Crippen LogP contribution in [0.15, 0.2) is 52.4 Å². The maximum absolute atomic E-state index is 13.9. The molecule has 1 heterocycles. The normalized spacial score (nSPS) is 17.4. The van der Waals surface area contributed by atoms with Gasteiger partial charge in [0.25, 0.3) is 0 Å². The fraction of sp³-hybridized carbons (Fsp3) is 0.407. The molecule has 0 aromatic heterocycles. The van der Waals surface area contributed by atoms with E-state index < -0.39 is 52.1 Å². The lowest BCUT2D eigenvalue weighted by Crippen LogP contribution is -2.49. The molecule has 1 atom stereocenters. The quantitative estimate of drug-likeness (QED) is 0.137. The van der Waals surface area contributed by atoms with Gasteiger partial charge in [-0.15, -0.1) is 0 Å². The summed E-state index contributed by atoms with van der Waals surface area (Å²) in [6, 6.07) is 4.14. The minimum Gasteiger partial charge on any atom is -0.478 e. The zero-order valence-corrected chi connectivity index (χ0v) is 24.4. The Balaban J connectivity index is 3.13. The van der Waals surface area contributed by atoms with Crippen LogP contribution in [0.5, 0.6) is 0 Å². The van der Waals surface area contributed by atoms with Crippen LogP contribution in [-0.2, 0) is 43.5 Å². The van der Waals surface area contributed by atoms with Crippen LogP contribution in [0.25, 0.3) is 0 Å². The van der Waals surface area contributed by atoms with Crippen LogP contribution >= 0.6 is 23.2 Å². The number of benzene rings is 1. The zero-order valence-electron chi connectivity index (χ0n) is 22.9. The predicted octanol–water partition coefficient (Wildman–Crippen LogP) is 2.57. The molecule has 1 aliphatic rings. The van der Waals surface area contributed by atoms with Crippen molar-refractivity contribution in [2.45, 2.75) is 32.3 Å². The fourth-order valence-electron chi connectivity index (χ4n) is 4.46. The highest BCUT2D eigenvalue weighted by atomic mass is 35.5. The number of carbonyl (C=O) groups is 4. The molecule has 0 fully saturated rings. The summed E-state index contributed by atoms with van der Waals surface area (Å²) in [5.74, 6) is -5.60. The maximum atomic E-state index is 13.9. The van der Waals surface area contributed by atoms with Gasteiger partial charge in [-0.1, -0.05) is 35.3 Å². The Kier molecular flexibility index (Phi) is 12.4. The summed E-state index contributed by atoms with van der Waals surface area (Å²) in [6.07, 6.45) is -0.331. The van der Waals surface area contributed by atoms with Gasteiger partial charge in [0, 0.05) is 18.3 Å². The van der Waals surface area contributed by atoms with E-state index >= 15 is 0 Å². The monoisotopic (exact) mass is 614 g/mol. The lowest BCUT2D eigenvalue weighted by molar-refractivity contribution is -0.144. The Morgan fingerprint density at radius 2 is 1.71 bits per heavy atom. The van der Waals surface area contributed by atoms with Crippen molar-refractivity contribution in [1.82, 2.24) is 5.32 Å². The minimum atomic E-state index is -2.49. The number of hydrogen-bond acceptors (Lipinski definition) is 10. The van der Waals surface area contributed by atoms with Crippen LogP contribution in [0.2, 0.25) is 10.0 Å². The van der Waals surface area contributed by atoms with Gasteiger partial charge in [0.1, 0.15) is 0 Å². The first-order valence-corrected chi connectivity index (χ1v) is 13.1. The molecular formula is C27H32Cl2N2O10. The SMILES string of the molecule is COC(=O)C1=C(C)NC(COCCOCCN)=C(C(=O)OC(C)C)C1(/C(=C/C(=O)O)C(=O)O)c1cccc(Cl)c1Cl. The van der Waals surface area contributed by atoms with Crippen molar-refractivity contribution in [3.8, 4) is 0 Å². The van der Waals surface area contributed by atoms with E-state index in [4.69, 9.17) is 47.9 Å². The Bertz CT molecular complexity index is 1290. The molecule has 1 aromatic rings. The molecule has 0 aliphatic carbocycles. The van der Waals surface area contributed by atoms with Crippen LogP contribution in [0.3, 0.4) is 0 Å². The van der Waals surface area contributed by atoms with Crippen LogP contribution in [0.1, 0.15) is 26.3 Å². The van der Waals surface area contributed by atoms with Crippen molar-refractivity contribution in [2.75, 3.05) is 40.1 Å². The molecule has 0 saturated heterocycles. The first-order valence-electron chi connectivity index (χ1n) is 12.3. The molecule has 0 spiro atoms. The molecule has 0 radical (unpaired) electrons. The number of allylic oxidation sites excluding steroid dienone is 1. The van der Waals surface area contributed by atoms with Gasteiger partial charge >= 0.3 is 23.9 Å². The second-order valence-electron chi connectivity index (χ2n) is 8.93. The summed E-state index contributed by atoms with van der Waals surface area (Å²) in [7, 11) is 1.05. The number of methoxy groups -OCH3 is 1. The second kappa shape index (κ2) is 15.0. The zero-order chi connectivity index (χ0) is 30.9. The van der Waals surface area contributed by atoms with Crippen molar-refractivity contribution in [3.63, 3.8) is 0 Å². The number of hydrogen-bond donors (Lipinski definition) is 4. The molecule has 224 valence electrons. The minimum absolute atomic E-state index is 0.0202. The number of aliphatic carboxylic acids is 2. The number of carboxylic acids is 2. The predicted molar refractivity (Wildman–Crippen MR) is 148 cm³/mol. The third-order valence-electron chi connectivity index (χ3n) is 5.84. The van der Waals surface area contributed by atoms with E-state index in [1.807, 2.05) is 0 Å². The summed E-state index contributed by atoms with van der Waals surface area (Å²) in [4.78, 5) is 52.3. The summed E-state index contributed by atoms with van der Waals surface area (Å²) < 4.78 is 21.5. The van der Waals surface area contributed by atoms with Crippen LogP contribution in [-0.4, -0.2) is 80.3 Å². The average Bonchev–Trinajstić information content (AvgIpc) is 2.89. The van der Waals surface area contributed by atoms with E-state index in [0.717, 1.165) is 7.11 Å². The fourth-order valence-corrected chi connectivity index (χ4v) is 4.90. The van der Waals surface area contributed by atoms with Gasteiger partial charge in [0.05, 0.1) is 77.5 Å². The van der Waals surface area contributed by atoms with Gasteiger partial charge in [-0.3, -0.25) is 0 Å². The molecule has 14 heteroatoms. The van der Waals surface area contributed by atoms with Gasteiger partial charge in [-0.05, 0) is 32.4 Å². The first-order chi connectivity index (χ1) is 19.3. The smallest absolute Gasteiger partial charge is 0.337 e. The Morgan fingerprint density at radius 1 is 1.05 bits per heavy atom. The van der Waals surface area contributed by atoms with Gasteiger partial charge in [0.15, 0.2) is 0 Å². The highest BCUT2D eigenvalue weighted by molar-refractivity contribution is 6.42. The van der Waals surface area contributed by atoms with E-state index in [2.05, 4.69) is 5.32 Å². The van der Waals surface area contributed by atoms with Gasteiger partial charge in [-0.25, -0.2) is 19.2 Å². The van der Waals surface area contributed by atoms with Crippen molar-refractivity contribution in [1.29, 1.82) is 0 Å². The molecule has 5 N–H and O–H groups in total. The van der Waals surface area contributed by atoms with Gasteiger partial charge < -0.3 is 40.2 Å². The van der Waals surface area contributed by atoms with E-state index in [1.165, 1.54) is 25.1 Å². The average molecular weight is 615 g/mol. The molecule has 0 saturated carbocycles. The number of dihydropyridines is 1. The topological polar surface area (TPSA) is 184 Å². The number of carboxylic acid groups (broad SMARTS) is 2. The van der Waals surface area contributed by atoms with Gasteiger partial charge in [0.2, 0.25) is 0 Å². The number of rotatable bonds is 14. The van der Waals surface area contributed by atoms with Crippen LogP contribution in [0.4, 0.5) is 0 Å². The van der Waals surface area contributed by atoms with E-state index in [0.29, 0.717) is 19.2 Å². The highest BCUT2D eigenvalue weighted by Crippen LogP contribution is 2.53. The van der Waals surface area contributed by atoms with Crippen molar-refractivity contribution in [2.24, 2.45) is 5.73 Å². The Hall–Kier alpha value is -3.42. The molecule has 1 unspecified atom stereocenters. The number of carbonyl (C=O) groups excluding carboxylic acids is 2. The first kappa shape index (κ1) is 33.8. The molecule has 0 bridgehead atoms. The van der Waals surface area contributed by atoms with E-state index in [1.54, 1.807) is 13.8 Å². The summed E-state index contributed by atoms with van der Waals surface area (Å²) in [5.41, 5.74) is 0.968. The Morgan fingerprint density at radius 3 is 2.27 bits per heavy atom. The van der Waals surface area contributed by atoms with Crippen LogP contribution < -0.4 is 11.1 Å². The van der Waals surface area contributed by atoms with Crippen molar-refractivity contribution >= 4 is 47.1 Å². The van der Waals surface area contributed by atoms with Crippen molar-refractivity contribution < 1.29 is 48.3 Å². The highest BCUT2D eigenvalue weighted by Gasteiger charge is 2.57. The molecule has 1 aliphatic heterocycles. The maximum Gasteiger partial charge on any atom is 0.337 e. The third-order valence-corrected chi connectivity index (χ3v) is 6.66. The summed E-state index contributed by atoms with van der Waals surface area (Å²) in [6.45, 7) is 5.00. The number of esters is 2. The molecule has 2 rings (SSSR count). The summed E-state index contributed by atoms with van der Waals surface area (Å²) in [5, 5.41) is 22.8. The number of halogens is 2. The lowest BCUT2D eigenvalue weighted by atomic mass is 9.61. The van der Waals surface area contributed by atoms with Crippen LogP contribution in [0, 0.1) is 0 Å².